The molecule has 130 valence electrons. The van der Waals surface area contributed by atoms with E-state index in [9.17, 15) is 4.79 Å². The van der Waals surface area contributed by atoms with Crippen LogP contribution >= 0.6 is 11.6 Å². The second-order valence-electron chi connectivity index (χ2n) is 5.26. The molecule has 0 unspecified atom stereocenters. The van der Waals surface area contributed by atoms with Gasteiger partial charge in [0.25, 0.3) is 5.88 Å². The third-order valence-electron chi connectivity index (χ3n) is 3.52. The summed E-state index contributed by atoms with van der Waals surface area (Å²) in [6.45, 7) is 2.26. The Labute approximate surface area is 150 Å². The Hall–Kier alpha value is -2.73. The summed E-state index contributed by atoms with van der Waals surface area (Å²) in [7, 11) is 0. The summed E-state index contributed by atoms with van der Waals surface area (Å²) < 4.78 is 12.3. The van der Waals surface area contributed by atoms with Gasteiger partial charge in [0.05, 0.1) is 6.61 Å². The van der Waals surface area contributed by atoms with Crippen molar-refractivity contribution in [3.05, 3.63) is 53.6 Å². The number of para-hydroxylation sites is 1. The van der Waals surface area contributed by atoms with Crippen molar-refractivity contribution in [2.24, 2.45) is 0 Å². The number of ether oxygens (including phenoxy) is 2. The van der Waals surface area contributed by atoms with Crippen molar-refractivity contribution in [3.8, 4) is 11.6 Å². The van der Waals surface area contributed by atoms with Gasteiger partial charge in [0.2, 0.25) is 0 Å². The number of nitrogens with one attached hydrogen (secondary N) is 1. The first-order chi connectivity index (χ1) is 12.2. The van der Waals surface area contributed by atoms with Gasteiger partial charge in [0.15, 0.2) is 5.82 Å². The van der Waals surface area contributed by atoms with Crippen LogP contribution in [0, 0.1) is 0 Å². The van der Waals surface area contributed by atoms with Crippen molar-refractivity contribution < 1.29 is 14.3 Å². The molecule has 0 bridgehead atoms. The van der Waals surface area contributed by atoms with Crippen molar-refractivity contribution in [2.75, 3.05) is 11.9 Å². The molecule has 3 rings (SSSR count). The minimum atomic E-state index is -0.649. The fraction of sp³-hybridized carbons (Fsp3) is 0.222. The van der Waals surface area contributed by atoms with E-state index in [2.05, 4.69) is 16.5 Å². The van der Waals surface area contributed by atoms with Crippen LogP contribution in [0.4, 0.5) is 10.6 Å². The molecule has 0 fully saturated rings. The van der Waals surface area contributed by atoms with E-state index in [1.165, 1.54) is 0 Å². The number of hydrogen-bond acceptors (Lipinski definition) is 4. The van der Waals surface area contributed by atoms with Gasteiger partial charge in [-0.15, -0.1) is 5.10 Å². The second-order valence-corrected chi connectivity index (χ2v) is 5.64. The highest BCUT2D eigenvalue weighted by molar-refractivity contribution is 6.34. The van der Waals surface area contributed by atoms with Crippen LogP contribution in [0.25, 0.3) is 5.70 Å². The smallest absolute Gasteiger partial charge is 0.418 e. The van der Waals surface area contributed by atoms with Crippen LogP contribution < -0.4 is 14.8 Å². The molecule has 1 aromatic carbocycles. The lowest BCUT2D eigenvalue weighted by atomic mass is 10.1. The van der Waals surface area contributed by atoms with E-state index in [4.69, 9.17) is 21.1 Å². The lowest BCUT2D eigenvalue weighted by Gasteiger charge is -2.13. The highest BCUT2D eigenvalue weighted by Gasteiger charge is 2.22. The molecule has 1 heterocycles. The summed E-state index contributed by atoms with van der Waals surface area (Å²) >= 11 is 6.35. The van der Waals surface area contributed by atoms with E-state index in [0.717, 1.165) is 18.5 Å². The topological polar surface area (TPSA) is 65.4 Å². The lowest BCUT2D eigenvalue weighted by molar-refractivity contribution is 0.215. The molecule has 0 spiro atoms. The van der Waals surface area contributed by atoms with Gasteiger partial charge in [-0.25, -0.2) is 9.48 Å². The van der Waals surface area contributed by atoms with Crippen LogP contribution in [0.3, 0.4) is 0 Å². The molecule has 6 nitrogen and oxygen atoms in total. The van der Waals surface area contributed by atoms with Crippen molar-refractivity contribution in [1.82, 2.24) is 9.78 Å². The number of nitrogens with zero attached hydrogens (tertiary/aromatic N) is 2. The molecular formula is C18H18ClN3O3. The molecule has 0 atom stereocenters. The van der Waals surface area contributed by atoms with Gasteiger partial charge in [-0.2, -0.15) is 0 Å². The lowest BCUT2D eigenvalue weighted by Crippen LogP contribution is -2.19. The number of carbonyl (C=O) groups excluding carboxylic acids is 1. The van der Waals surface area contributed by atoms with Crippen LogP contribution in [-0.4, -0.2) is 22.5 Å². The molecular weight excluding hydrogens is 342 g/mol. The van der Waals surface area contributed by atoms with Gasteiger partial charge in [0, 0.05) is 5.70 Å². The van der Waals surface area contributed by atoms with E-state index in [1.807, 2.05) is 25.1 Å². The Morgan fingerprint density at radius 3 is 2.84 bits per heavy atom. The zero-order valence-corrected chi connectivity index (χ0v) is 14.5. The third-order valence-corrected chi connectivity index (χ3v) is 3.86. The van der Waals surface area contributed by atoms with Gasteiger partial charge in [-0.05, 0) is 38.0 Å². The van der Waals surface area contributed by atoms with E-state index in [1.54, 1.807) is 28.9 Å². The Morgan fingerprint density at radius 1 is 1.36 bits per heavy atom. The average molecular weight is 360 g/mol. The van der Waals surface area contributed by atoms with Gasteiger partial charge in [0.1, 0.15) is 10.8 Å². The van der Waals surface area contributed by atoms with Crippen LogP contribution in [0.15, 0.2) is 48.6 Å². The predicted molar refractivity (Wildman–Crippen MR) is 97.1 cm³/mol. The number of halogens is 1. The zero-order chi connectivity index (χ0) is 17.6. The third kappa shape index (κ3) is 4.03. The molecule has 1 aliphatic carbocycles. The first-order valence-electron chi connectivity index (χ1n) is 8.00. The van der Waals surface area contributed by atoms with Crippen molar-refractivity contribution in [1.29, 1.82) is 0 Å². The number of hydrogen-bond donors (Lipinski definition) is 1. The van der Waals surface area contributed by atoms with Crippen molar-refractivity contribution in [3.63, 3.8) is 0 Å². The molecule has 0 radical (unpaired) electrons. The number of benzene rings is 1. The molecule has 0 saturated carbocycles. The standard InChI is InChI=1S/C18H18ClN3O3/c1-2-24-17-15(19)16(22(21-17)13-9-5-3-6-10-13)20-18(23)25-14-11-7-4-8-12-14/h3-5,7-9,11-12H,2,6,10H2,1H3,(H,20,23). The summed E-state index contributed by atoms with van der Waals surface area (Å²) in [6.07, 6.45) is 6.96. The minimum absolute atomic E-state index is 0.238. The molecule has 1 amide bonds. The molecule has 1 N–H and O–H groups in total. The monoisotopic (exact) mass is 359 g/mol. The number of aromatic nitrogens is 2. The quantitative estimate of drug-likeness (QED) is 0.837. The van der Waals surface area contributed by atoms with Crippen molar-refractivity contribution >= 4 is 29.2 Å². The summed E-state index contributed by atoms with van der Waals surface area (Å²) in [4.78, 5) is 12.2. The summed E-state index contributed by atoms with van der Waals surface area (Å²) in [5.41, 5.74) is 0.908. The summed E-state index contributed by atoms with van der Waals surface area (Å²) in [5.74, 6) is 1.04. The maximum absolute atomic E-state index is 12.2. The largest absolute Gasteiger partial charge is 0.476 e. The fourth-order valence-corrected chi connectivity index (χ4v) is 2.63. The van der Waals surface area contributed by atoms with Gasteiger partial charge >= 0.3 is 6.09 Å². The van der Waals surface area contributed by atoms with Crippen LogP contribution in [0.1, 0.15) is 19.8 Å². The second kappa shape index (κ2) is 7.90. The van der Waals surface area contributed by atoms with Gasteiger partial charge in [-0.1, -0.05) is 42.0 Å². The normalized spacial score (nSPS) is 13.3. The number of allylic oxidation sites excluding steroid dienone is 4. The molecule has 0 aliphatic heterocycles. The maximum atomic E-state index is 12.2. The number of anilines is 1. The molecule has 1 aromatic heterocycles. The molecule has 2 aromatic rings. The van der Waals surface area contributed by atoms with Crippen LogP contribution in [0.5, 0.6) is 11.6 Å². The van der Waals surface area contributed by atoms with E-state index in [-0.39, 0.29) is 10.9 Å². The predicted octanol–water partition coefficient (Wildman–Crippen LogP) is 4.74. The van der Waals surface area contributed by atoms with Gasteiger partial charge in [-0.3, -0.25) is 5.32 Å². The maximum Gasteiger partial charge on any atom is 0.418 e. The van der Waals surface area contributed by atoms with E-state index >= 15 is 0 Å². The summed E-state index contributed by atoms with van der Waals surface area (Å²) in [6, 6.07) is 8.80. The average Bonchev–Trinajstić information content (AvgIpc) is 2.93. The zero-order valence-electron chi connectivity index (χ0n) is 13.7. The Bertz CT molecular complexity index is 812. The molecule has 25 heavy (non-hydrogen) atoms. The molecule has 7 heteroatoms. The SMILES string of the molecule is CCOc1nn(C2=CC=CCC2)c(NC(=O)Oc2ccccc2)c1Cl. The minimum Gasteiger partial charge on any atom is -0.476 e. The Kier molecular flexibility index (Phi) is 5.40. The van der Waals surface area contributed by atoms with E-state index < -0.39 is 6.09 Å². The number of carbonyl (C=O) groups is 1. The summed E-state index contributed by atoms with van der Waals surface area (Å²) in [5, 5.41) is 7.28. The fourth-order valence-electron chi connectivity index (χ4n) is 2.41. The van der Waals surface area contributed by atoms with E-state index in [0.29, 0.717) is 18.2 Å². The van der Waals surface area contributed by atoms with Crippen molar-refractivity contribution in [2.45, 2.75) is 19.8 Å². The van der Waals surface area contributed by atoms with Gasteiger partial charge < -0.3 is 9.47 Å². The van der Waals surface area contributed by atoms with Crippen LogP contribution in [0.2, 0.25) is 5.02 Å². The Morgan fingerprint density at radius 2 is 2.16 bits per heavy atom. The molecule has 1 aliphatic rings. The first-order valence-corrected chi connectivity index (χ1v) is 8.38. The highest BCUT2D eigenvalue weighted by atomic mass is 35.5. The Balaban J connectivity index is 1.87. The number of amides is 1. The highest BCUT2D eigenvalue weighted by Crippen LogP contribution is 2.35. The molecule has 0 saturated heterocycles. The number of rotatable bonds is 5. The first kappa shape index (κ1) is 17.1. The van der Waals surface area contributed by atoms with Crippen LogP contribution in [-0.2, 0) is 0 Å².